The maximum Gasteiger partial charge on any atom is 0.257 e. The van der Waals surface area contributed by atoms with Crippen LogP contribution in [0.3, 0.4) is 0 Å². The Kier molecular flexibility index (Phi) is 4.64. The first-order valence-corrected chi connectivity index (χ1v) is 8.42. The second-order valence-electron chi connectivity index (χ2n) is 6.87. The molecule has 0 unspecified atom stereocenters. The van der Waals surface area contributed by atoms with Gasteiger partial charge in [-0.15, -0.1) is 0 Å². The third-order valence-electron chi connectivity index (χ3n) is 4.87. The van der Waals surface area contributed by atoms with Crippen LogP contribution in [0.1, 0.15) is 48.1 Å². The summed E-state index contributed by atoms with van der Waals surface area (Å²) in [5.74, 6) is 0.962. The predicted molar refractivity (Wildman–Crippen MR) is 87.5 cm³/mol. The van der Waals surface area contributed by atoms with Crippen molar-refractivity contribution in [2.24, 2.45) is 0 Å². The predicted octanol–water partition coefficient (Wildman–Crippen LogP) is 1.45. The van der Waals surface area contributed by atoms with Crippen LogP contribution in [0, 0.1) is 6.92 Å². The van der Waals surface area contributed by atoms with E-state index in [1.807, 2.05) is 11.8 Å². The number of ether oxygens (including phenoxy) is 1. The second-order valence-corrected chi connectivity index (χ2v) is 6.87. The molecule has 23 heavy (non-hydrogen) atoms. The van der Waals surface area contributed by atoms with Crippen LogP contribution in [0.25, 0.3) is 0 Å². The lowest BCUT2D eigenvalue weighted by Crippen LogP contribution is -2.59. The quantitative estimate of drug-likeness (QED) is 0.826. The van der Waals surface area contributed by atoms with Crippen LogP contribution in [-0.4, -0.2) is 71.1 Å². The van der Waals surface area contributed by atoms with Crippen molar-refractivity contribution in [1.29, 1.82) is 0 Å². The van der Waals surface area contributed by atoms with Gasteiger partial charge in [-0.2, -0.15) is 0 Å². The molecule has 0 radical (unpaired) electrons. The fourth-order valence-electron chi connectivity index (χ4n) is 3.49. The van der Waals surface area contributed by atoms with E-state index in [1.165, 1.54) is 0 Å². The lowest BCUT2D eigenvalue weighted by atomic mass is 9.97. The van der Waals surface area contributed by atoms with Crippen molar-refractivity contribution >= 4 is 5.91 Å². The molecule has 6 nitrogen and oxygen atoms in total. The van der Waals surface area contributed by atoms with Crippen molar-refractivity contribution < 1.29 is 9.53 Å². The minimum atomic E-state index is 0.0473. The molecular formula is C17H26N4O2. The molecule has 0 spiro atoms. The Bertz CT molecular complexity index is 590. The highest BCUT2D eigenvalue weighted by Crippen LogP contribution is 2.25. The number of carbonyl (C=O) groups excluding carboxylic acids is 1. The summed E-state index contributed by atoms with van der Waals surface area (Å²) in [4.78, 5) is 26.0. The van der Waals surface area contributed by atoms with Gasteiger partial charge in [0.05, 0.1) is 30.0 Å². The van der Waals surface area contributed by atoms with E-state index >= 15 is 0 Å². The van der Waals surface area contributed by atoms with Crippen LogP contribution in [0.4, 0.5) is 0 Å². The molecule has 3 heterocycles. The van der Waals surface area contributed by atoms with Crippen molar-refractivity contribution in [2.75, 3.05) is 33.3 Å². The topological polar surface area (TPSA) is 58.6 Å². The molecular weight excluding hydrogens is 292 g/mol. The van der Waals surface area contributed by atoms with Crippen molar-refractivity contribution in [3.05, 3.63) is 23.3 Å². The van der Waals surface area contributed by atoms with Gasteiger partial charge in [0.1, 0.15) is 5.82 Å². The van der Waals surface area contributed by atoms with Crippen molar-refractivity contribution in [3.63, 3.8) is 0 Å². The molecule has 126 valence electrons. The normalized spacial score (nSPS) is 25.5. The average molecular weight is 318 g/mol. The van der Waals surface area contributed by atoms with E-state index in [1.54, 1.807) is 6.20 Å². The van der Waals surface area contributed by atoms with Gasteiger partial charge in [0.2, 0.25) is 0 Å². The van der Waals surface area contributed by atoms with Gasteiger partial charge in [-0.1, -0.05) is 13.8 Å². The Balaban J connectivity index is 1.81. The van der Waals surface area contributed by atoms with Crippen LogP contribution in [0.2, 0.25) is 0 Å². The monoisotopic (exact) mass is 318 g/mol. The third kappa shape index (κ3) is 3.23. The number of amides is 1. The zero-order valence-electron chi connectivity index (χ0n) is 14.5. The second kappa shape index (κ2) is 6.53. The van der Waals surface area contributed by atoms with Gasteiger partial charge in [-0.25, -0.2) is 9.97 Å². The molecule has 2 fully saturated rings. The van der Waals surface area contributed by atoms with Gasteiger partial charge in [-0.05, 0) is 26.3 Å². The lowest BCUT2D eigenvalue weighted by Gasteiger charge is -2.45. The number of hydrogen-bond donors (Lipinski definition) is 0. The van der Waals surface area contributed by atoms with E-state index in [-0.39, 0.29) is 24.0 Å². The molecule has 6 heteroatoms. The first-order valence-electron chi connectivity index (χ1n) is 8.42. The Morgan fingerprint density at radius 1 is 1.39 bits per heavy atom. The number of aryl methyl sites for hydroxylation is 1. The van der Waals surface area contributed by atoms with Crippen LogP contribution < -0.4 is 0 Å². The first-order chi connectivity index (χ1) is 11.0. The van der Waals surface area contributed by atoms with Gasteiger partial charge in [0, 0.05) is 25.8 Å². The Morgan fingerprint density at radius 2 is 2.17 bits per heavy atom. The van der Waals surface area contributed by atoms with Crippen molar-refractivity contribution in [2.45, 2.75) is 45.3 Å². The van der Waals surface area contributed by atoms with E-state index in [9.17, 15) is 4.79 Å². The van der Waals surface area contributed by atoms with Crippen molar-refractivity contribution in [1.82, 2.24) is 19.8 Å². The van der Waals surface area contributed by atoms with Crippen LogP contribution in [-0.2, 0) is 4.74 Å². The standard InChI is InChI=1S/C17H26N4O2/c1-11(2)16-13(9-18-12(3)19-16)17(22)21-6-5-15-14(10-21)20(4)7-8-23-15/h9,11,14-15H,5-8,10H2,1-4H3/t14-,15-/m1/s1. The molecule has 2 aliphatic heterocycles. The summed E-state index contributed by atoms with van der Waals surface area (Å²) in [6.45, 7) is 9.15. The molecule has 1 aromatic heterocycles. The summed E-state index contributed by atoms with van der Waals surface area (Å²) in [5, 5.41) is 0. The van der Waals surface area contributed by atoms with E-state index in [0.717, 1.165) is 31.8 Å². The van der Waals surface area contributed by atoms with E-state index in [2.05, 4.69) is 35.8 Å². The Labute approximate surface area is 137 Å². The molecule has 0 bridgehead atoms. The van der Waals surface area contributed by atoms with Crippen LogP contribution in [0.5, 0.6) is 0 Å². The largest absolute Gasteiger partial charge is 0.375 e. The molecule has 2 aliphatic rings. The zero-order chi connectivity index (χ0) is 16.6. The molecule has 0 aliphatic carbocycles. The molecule has 3 rings (SSSR count). The van der Waals surface area contributed by atoms with E-state index < -0.39 is 0 Å². The maximum absolute atomic E-state index is 13.0. The summed E-state index contributed by atoms with van der Waals surface area (Å²) >= 11 is 0. The summed E-state index contributed by atoms with van der Waals surface area (Å²) in [7, 11) is 2.11. The lowest BCUT2D eigenvalue weighted by molar-refractivity contribution is -0.0893. The molecule has 2 saturated heterocycles. The maximum atomic E-state index is 13.0. The number of likely N-dealkylation sites (N-methyl/N-ethyl adjacent to an activating group) is 1. The summed E-state index contributed by atoms with van der Waals surface area (Å²) in [5.41, 5.74) is 1.49. The number of hydrogen-bond acceptors (Lipinski definition) is 5. The molecule has 1 amide bonds. The van der Waals surface area contributed by atoms with Gasteiger partial charge in [-0.3, -0.25) is 9.69 Å². The number of rotatable bonds is 2. The van der Waals surface area contributed by atoms with Crippen LogP contribution in [0.15, 0.2) is 6.20 Å². The highest BCUT2D eigenvalue weighted by Gasteiger charge is 2.37. The summed E-state index contributed by atoms with van der Waals surface area (Å²) in [6, 6.07) is 0.287. The zero-order valence-corrected chi connectivity index (χ0v) is 14.5. The number of fused-ring (bicyclic) bond motifs is 1. The number of carbonyl (C=O) groups is 1. The van der Waals surface area contributed by atoms with Gasteiger partial charge >= 0.3 is 0 Å². The van der Waals surface area contributed by atoms with Gasteiger partial charge in [0.25, 0.3) is 5.91 Å². The van der Waals surface area contributed by atoms with Gasteiger partial charge < -0.3 is 9.64 Å². The minimum absolute atomic E-state index is 0.0473. The highest BCUT2D eigenvalue weighted by molar-refractivity contribution is 5.95. The Hall–Kier alpha value is -1.53. The fourth-order valence-corrected chi connectivity index (χ4v) is 3.49. The number of morpholine rings is 1. The smallest absolute Gasteiger partial charge is 0.257 e. The SMILES string of the molecule is Cc1ncc(C(=O)N2CC[C@H]3OCCN(C)[C@@H]3C2)c(C(C)C)n1. The summed E-state index contributed by atoms with van der Waals surface area (Å²) in [6.07, 6.45) is 2.83. The molecule has 1 aromatic rings. The number of nitrogens with zero attached hydrogens (tertiary/aromatic N) is 4. The number of likely N-dealkylation sites (tertiary alicyclic amines) is 1. The Morgan fingerprint density at radius 3 is 2.91 bits per heavy atom. The first kappa shape index (κ1) is 16.3. The van der Waals surface area contributed by atoms with Crippen LogP contribution >= 0.6 is 0 Å². The van der Waals surface area contributed by atoms with E-state index in [0.29, 0.717) is 17.9 Å². The highest BCUT2D eigenvalue weighted by atomic mass is 16.5. The van der Waals surface area contributed by atoms with Gasteiger partial charge in [0.15, 0.2) is 0 Å². The molecule has 0 N–H and O–H groups in total. The van der Waals surface area contributed by atoms with Crippen molar-refractivity contribution in [3.8, 4) is 0 Å². The third-order valence-corrected chi connectivity index (χ3v) is 4.87. The number of piperidine rings is 1. The molecule has 0 aromatic carbocycles. The minimum Gasteiger partial charge on any atom is -0.375 e. The molecule has 2 atom stereocenters. The van der Waals surface area contributed by atoms with E-state index in [4.69, 9.17) is 4.74 Å². The average Bonchev–Trinajstić information content (AvgIpc) is 2.54. The number of aromatic nitrogens is 2. The fraction of sp³-hybridized carbons (Fsp3) is 0.706. The molecule has 0 saturated carbocycles. The summed E-state index contributed by atoms with van der Waals surface area (Å²) < 4.78 is 5.86.